The molecule has 1 atom stereocenters. The molecule has 19 heavy (non-hydrogen) atoms. The first kappa shape index (κ1) is 13.1. The number of carbonyl (C=O) groups is 1. The monoisotopic (exact) mass is 326 g/mol. The van der Waals surface area contributed by atoms with Crippen molar-refractivity contribution in [2.75, 3.05) is 18.4 Å². The van der Waals surface area contributed by atoms with Crippen LogP contribution in [-0.2, 0) is 4.79 Å². The summed E-state index contributed by atoms with van der Waals surface area (Å²) in [5.41, 5.74) is 0.438. The van der Waals surface area contributed by atoms with Crippen LogP contribution in [0.25, 0.3) is 0 Å². The molecule has 0 aromatic heterocycles. The maximum absolute atomic E-state index is 13.6. The molecule has 1 amide bonds. The van der Waals surface area contributed by atoms with Gasteiger partial charge in [0, 0.05) is 10.4 Å². The zero-order valence-electron chi connectivity index (χ0n) is 10.5. The molecule has 0 radical (unpaired) electrons. The van der Waals surface area contributed by atoms with Gasteiger partial charge in [-0.2, -0.15) is 0 Å². The third-order valence-corrected chi connectivity index (χ3v) is 4.79. The lowest BCUT2D eigenvalue weighted by atomic mass is 9.92. The van der Waals surface area contributed by atoms with E-state index in [4.69, 9.17) is 0 Å². The Hall–Kier alpha value is -0.940. The van der Waals surface area contributed by atoms with E-state index >= 15 is 0 Å². The van der Waals surface area contributed by atoms with Gasteiger partial charge in [0.15, 0.2) is 0 Å². The molecular formula is C14H16BrFN2O. The van der Waals surface area contributed by atoms with Crippen LogP contribution in [0, 0.1) is 17.2 Å². The molecule has 1 aromatic carbocycles. The summed E-state index contributed by atoms with van der Waals surface area (Å²) in [6.07, 6.45) is 3.04. The van der Waals surface area contributed by atoms with Crippen LogP contribution in [0.5, 0.6) is 0 Å². The lowest BCUT2D eigenvalue weighted by Gasteiger charge is -2.23. The van der Waals surface area contributed by atoms with Gasteiger partial charge in [-0.05, 0) is 56.0 Å². The van der Waals surface area contributed by atoms with Crippen LogP contribution < -0.4 is 10.6 Å². The molecule has 0 bridgehead atoms. The molecular weight excluding hydrogens is 311 g/mol. The fraction of sp³-hybridized carbons (Fsp3) is 0.500. The first-order valence-corrected chi connectivity index (χ1v) is 7.37. The van der Waals surface area contributed by atoms with Crippen molar-refractivity contribution in [3.05, 3.63) is 28.5 Å². The van der Waals surface area contributed by atoms with Gasteiger partial charge in [-0.15, -0.1) is 0 Å². The molecule has 1 saturated carbocycles. The van der Waals surface area contributed by atoms with Crippen molar-refractivity contribution >= 4 is 27.5 Å². The van der Waals surface area contributed by atoms with Crippen molar-refractivity contribution < 1.29 is 9.18 Å². The van der Waals surface area contributed by atoms with Crippen molar-refractivity contribution in [1.29, 1.82) is 0 Å². The number of rotatable bonds is 2. The van der Waals surface area contributed by atoms with Gasteiger partial charge in [-0.1, -0.05) is 15.9 Å². The molecule has 3 rings (SSSR count). The molecule has 2 N–H and O–H groups in total. The normalized spacial score (nSPS) is 24.2. The van der Waals surface area contributed by atoms with Crippen molar-refractivity contribution in [1.82, 2.24) is 5.32 Å². The molecule has 1 saturated heterocycles. The largest absolute Gasteiger partial charge is 0.323 e. The van der Waals surface area contributed by atoms with Crippen molar-refractivity contribution in [3.63, 3.8) is 0 Å². The van der Waals surface area contributed by atoms with E-state index in [1.54, 1.807) is 12.1 Å². The average molecular weight is 327 g/mol. The maximum Gasteiger partial charge on any atom is 0.228 e. The summed E-state index contributed by atoms with van der Waals surface area (Å²) < 4.78 is 14.4. The Bertz CT molecular complexity index is 514. The summed E-state index contributed by atoms with van der Waals surface area (Å²) in [5, 5.41) is 6.03. The summed E-state index contributed by atoms with van der Waals surface area (Å²) in [6.45, 7) is 1.96. The van der Waals surface area contributed by atoms with Gasteiger partial charge in [-0.25, -0.2) is 4.39 Å². The Morgan fingerprint density at radius 3 is 2.89 bits per heavy atom. The SMILES string of the molecule is O=C(Nc1cc(Br)ccc1F)C1CC12CCNCC2. The molecule has 1 spiro atoms. The van der Waals surface area contributed by atoms with Gasteiger partial charge in [0.1, 0.15) is 5.82 Å². The number of piperidine rings is 1. The van der Waals surface area contributed by atoms with Crippen LogP contribution in [0.2, 0.25) is 0 Å². The molecule has 2 fully saturated rings. The average Bonchev–Trinajstić information content (AvgIpc) is 3.08. The van der Waals surface area contributed by atoms with Crippen LogP contribution >= 0.6 is 15.9 Å². The second kappa shape index (κ2) is 4.87. The first-order valence-electron chi connectivity index (χ1n) is 6.57. The lowest BCUT2D eigenvalue weighted by Crippen LogP contribution is -2.31. The predicted molar refractivity (Wildman–Crippen MR) is 75.4 cm³/mol. The van der Waals surface area contributed by atoms with Gasteiger partial charge >= 0.3 is 0 Å². The van der Waals surface area contributed by atoms with Gasteiger partial charge in [0.25, 0.3) is 0 Å². The highest BCUT2D eigenvalue weighted by molar-refractivity contribution is 9.10. The molecule has 5 heteroatoms. The number of anilines is 1. The van der Waals surface area contributed by atoms with Gasteiger partial charge in [-0.3, -0.25) is 4.79 Å². The molecule has 1 aliphatic heterocycles. The highest BCUT2D eigenvalue weighted by Gasteiger charge is 2.57. The fourth-order valence-corrected chi connectivity index (χ4v) is 3.37. The Kier molecular flexibility index (Phi) is 3.35. The molecule has 102 valence electrons. The number of carbonyl (C=O) groups excluding carboxylic acids is 1. The van der Waals surface area contributed by atoms with Gasteiger partial charge < -0.3 is 10.6 Å². The third-order valence-electron chi connectivity index (χ3n) is 4.29. The number of benzene rings is 1. The molecule has 1 aromatic rings. The smallest absolute Gasteiger partial charge is 0.228 e. The van der Waals surface area contributed by atoms with E-state index < -0.39 is 5.82 Å². The van der Waals surface area contributed by atoms with Gasteiger partial charge in [0.2, 0.25) is 5.91 Å². The summed E-state index contributed by atoms with van der Waals surface area (Å²) in [6, 6.07) is 4.58. The van der Waals surface area contributed by atoms with E-state index in [-0.39, 0.29) is 22.9 Å². The highest BCUT2D eigenvalue weighted by Crippen LogP contribution is 2.58. The minimum absolute atomic E-state index is 0.0427. The Balaban J connectivity index is 1.68. The van der Waals surface area contributed by atoms with E-state index in [9.17, 15) is 9.18 Å². The Morgan fingerprint density at radius 1 is 1.42 bits per heavy atom. The number of amides is 1. The summed E-state index contributed by atoms with van der Waals surface area (Å²) in [5.74, 6) is -0.386. The first-order chi connectivity index (χ1) is 9.11. The summed E-state index contributed by atoms with van der Waals surface area (Å²) in [4.78, 5) is 12.2. The zero-order valence-corrected chi connectivity index (χ0v) is 12.1. The van der Waals surface area contributed by atoms with Crippen molar-refractivity contribution in [2.24, 2.45) is 11.3 Å². The van der Waals surface area contributed by atoms with E-state index in [1.807, 2.05) is 0 Å². The molecule has 3 nitrogen and oxygen atoms in total. The zero-order chi connectivity index (χ0) is 13.5. The summed E-state index contributed by atoms with van der Waals surface area (Å²) >= 11 is 3.28. The Morgan fingerprint density at radius 2 is 2.16 bits per heavy atom. The van der Waals surface area contributed by atoms with E-state index in [0.717, 1.165) is 36.8 Å². The lowest BCUT2D eigenvalue weighted by molar-refractivity contribution is -0.118. The number of halogens is 2. The predicted octanol–water partition coefficient (Wildman–Crippen LogP) is 2.92. The van der Waals surface area contributed by atoms with Crippen LogP contribution in [0.15, 0.2) is 22.7 Å². The van der Waals surface area contributed by atoms with Gasteiger partial charge in [0.05, 0.1) is 5.69 Å². The van der Waals surface area contributed by atoms with E-state index in [1.165, 1.54) is 6.07 Å². The van der Waals surface area contributed by atoms with Crippen LogP contribution in [0.3, 0.4) is 0 Å². The van der Waals surface area contributed by atoms with Crippen molar-refractivity contribution in [2.45, 2.75) is 19.3 Å². The van der Waals surface area contributed by atoms with E-state index in [2.05, 4.69) is 26.6 Å². The van der Waals surface area contributed by atoms with Crippen molar-refractivity contribution in [3.8, 4) is 0 Å². The minimum atomic E-state index is -0.392. The fourth-order valence-electron chi connectivity index (χ4n) is 3.01. The van der Waals surface area contributed by atoms with Crippen LogP contribution in [0.1, 0.15) is 19.3 Å². The third kappa shape index (κ3) is 2.54. The second-order valence-corrected chi connectivity index (χ2v) is 6.40. The van der Waals surface area contributed by atoms with E-state index in [0.29, 0.717) is 0 Å². The standard InChI is InChI=1S/C14H16BrFN2O/c15-9-1-2-11(16)12(7-9)18-13(19)10-8-14(10)3-5-17-6-4-14/h1-2,7,10,17H,3-6,8H2,(H,18,19). The molecule has 2 aliphatic rings. The molecule has 1 unspecified atom stereocenters. The topological polar surface area (TPSA) is 41.1 Å². The summed E-state index contributed by atoms with van der Waals surface area (Å²) in [7, 11) is 0. The van der Waals surface area contributed by atoms with Crippen LogP contribution in [-0.4, -0.2) is 19.0 Å². The second-order valence-electron chi connectivity index (χ2n) is 5.48. The quantitative estimate of drug-likeness (QED) is 0.877. The number of nitrogens with one attached hydrogen (secondary N) is 2. The number of hydrogen-bond acceptors (Lipinski definition) is 2. The minimum Gasteiger partial charge on any atom is -0.323 e. The Labute approximate surface area is 120 Å². The van der Waals surface area contributed by atoms with Crippen LogP contribution in [0.4, 0.5) is 10.1 Å². The molecule has 1 heterocycles. The maximum atomic E-state index is 13.6. The molecule has 1 aliphatic carbocycles. The number of hydrogen-bond donors (Lipinski definition) is 2. The highest BCUT2D eigenvalue weighted by atomic mass is 79.9.